The summed E-state index contributed by atoms with van der Waals surface area (Å²) in [5.41, 5.74) is 2.16. The fraction of sp³-hybridized carbons (Fsp3) is 0.375. The van der Waals surface area contributed by atoms with Gasteiger partial charge in [-0.1, -0.05) is 25.1 Å². The van der Waals surface area contributed by atoms with Crippen LogP contribution in [0.3, 0.4) is 0 Å². The van der Waals surface area contributed by atoms with Crippen LogP contribution in [0.4, 0.5) is 0 Å². The molecule has 0 saturated carbocycles. The Kier molecular flexibility index (Phi) is 7.88. The van der Waals surface area contributed by atoms with Gasteiger partial charge >= 0.3 is 0 Å². The zero-order valence-electron chi connectivity index (χ0n) is 17.6. The van der Waals surface area contributed by atoms with Gasteiger partial charge in [0.15, 0.2) is 5.78 Å². The molecule has 0 aliphatic heterocycles. The Morgan fingerprint density at radius 1 is 1.07 bits per heavy atom. The van der Waals surface area contributed by atoms with Gasteiger partial charge in [-0.15, -0.1) is 12.4 Å². The van der Waals surface area contributed by atoms with Crippen molar-refractivity contribution in [1.82, 2.24) is 5.32 Å². The van der Waals surface area contributed by atoms with Crippen molar-refractivity contribution < 1.29 is 13.9 Å². The Labute approximate surface area is 179 Å². The summed E-state index contributed by atoms with van der Waals surface area (Å²) in [6, 6.07) is 15.1. The number of ketones is 1. The van der Waals surface area contributed by atoms with E-state index >= 15 is 0 Å². The Morgan fingerprint density at radius 2 is 1.76 bits per heavy atom. The Morgan fingerprint density at radius 3 is 2.41 bits per heavy atom. The lowest BCUT2D eigenvalue weighted by atomic mass is 9.98. The molecular formula is C24H30ClNO3. The van der Waals surface area contributed by atoms with E-state index in [4.69, 9.17) is 9.15 Å². The van der Waals surface area contributed by atoms with E-state index < -0.39 is 0 Å². The number of hydrogen-bond acceptors (Lipinski definition) is 4. The van der Waals surface area contributed by atoms with E-state index in [1.165, 1.54) is 0 Å². The van der Waals surface area contributed by atoms with Crippen LogP contribution in [0.15, 0.2) is 52.9 Å². The molecule has 0 aliphatic rings. The molecule has 4 nitrogen and oxygen atoms in total. The third-order valence-electron chi connectivity index (χ3n) is 4.52. The zero-order chi connectivity index (χ0) is 20.1. The van der Waals surface area contributed by atoms with Crippen molar-refractivity contribution in [2.45, 2.75) is 46.1 Å². The zero-order valence-corrected chi connectivity index (χ0v) is 18.4. The molecule has 29 heavy (non-hydrogen) atoms. The molecule has 3 rings (SSSR count). The predicted molar refractivity (Wildman–Crippen MR) is 121 cm³/mol. The van der Waals surface area contributed by atoms with Crippen LogP contribution in [0.2, 0.25) is 0 Å². The fourth-order valence-electron chi connectivity index (χ4n) is 3.19. The molecule has 0 bridgehead atoms. The largest absolute Gasteiger partial charge is 0.492 e. The van der Waals surface area contributed by atoms with E-state index in [0.717, 1.165) is 41.9 Å². The summed E-state index contributed by atoms with van der Waals surface area (Å²) >= 11 is 0. The van der Waals surface area contributed by atoms with Gasteiger partial charge in [0.05, 0.1) is 5.56 Å². The Bertz CT molecular complexity index is 939. The number of furan rings is 1. The molecular weight excluding hydrogens is 386 g/mol. The molecule has 0 aliphatic carbocycles. The van der Waals surface area contributed by atoms with Crippen LogP contribution in [-0.4, -0.2) is 24.5 Å². The van der Waals surface area contributed by atoms with Gasteiger partial charge < -0.3 is 14.5 Å². The molecule has 1 aromatic heterocycles. The maximum atomic E-state index is 13.2. The normalized spacial score (nSPS) is 11.3. The summed E-state index contributed by atoms with van der Waals surface area (Å²) in [6.45, 7) is 9.81. The molecule has 0 fully saturated rings. The van der Waals surface area contributed by atoms with Crippen LogP contribution in [0.25, 0.3) is 11.0 Å². The van der Waals surface area contributed by atoms with E-state index in [9.17, 15) is 4.79 Å². The molecule has 2 aromatic carbocycles. The second kappa shape index (κ2) is 9.95. The summed E-state index contributed by atoms with van der Waals surface area (Å²) in [7, 11) is 0. The summed E-state index contributed by atoms with van der Waals surface area (Å²) in [4.78, 5) is 13.2. The van der Waals surface area contributed by atoms with Gasteiger partial charge in [0.2, 0.25) is 0 Å². The molecule has 0 atom stereocenters. The first-order valence-electron chi connectivity index (χ1n) is 9.92. The highest BCUT2D eigenvalue weighted by Crippen LogP contribution is 2.29. The lowest BCUT2D eigenvalue weighted by molar-refractivity contribution is 0.103. The Balaban J connectivity index is 0.00000300. The number of benzene rings is 2. The smallest absolute Gasteiger partial charge is 0.197 e. The maximum Gasteiger partial charge on any atom is 0.197 e. The highest BCUT2D eigenvalue weighted by Gasteiger charge is 2.21. The number of ether oxygens (including phenoxy) is 1. The topological polar surface area (TPSA) is 51.5 Å². The van der Waals surface area contributed by atoms with Gasteiger partial charge in [-0.3, -0.25) is 4.79 Å². The second-order valence-electron chi connectivity index (χ2n) is 8.03. The maximum absolute atomic E-state index is 13.2. The summed E-state index contributed by atoms with van der Waals surface area (Å²) in [5, 5.41) is 4.27. The van der Waals surface area contributed by atoms with Crippen molar-refractivity contribution in [3.8, 4) is 5.75 Å². The van der Waals surface area contributed by atoms with Crippen molar-refractivity contribution in [1.29, 1.82) is 0 Å². The van der Waals surface area contributed by atoms with Gasteiger partial charge in [0, 0.05) is 29.5 Å². The van der Waals surface area contributed by atoms with Gasteiger partial charge in [0.1, 0.15) is 23.7 Å². The summed E-state index contributed by atoms with van der Waals surface area (Å²) < 4.78 is 11.7. The van der Waals surface area contributed by atoms with Gasteiger partial charge in [-0.2, -0.15) is 0 Å². The molecule has 3 aromatic rings. The first-order valence-corrected chi connectivity index (χ1v) is 9.92. The average Bonchev–Trinajstić information content (AvgIpc) is 3.03. The van der Waals surface area contributed by atoms with Gasteiger partial charge in [-0.05, 0) is 57.5 Å². The number of carbonyl (C=O) groups excluding carboxylic acids is 1. The molecule has 156 valence electrons. The molecule has 5 heteroatoms. The van der Waals surface area contributed by atoms with Crippen LogP contribution in [-0.2, 0) is 6.42 Å². The molecule has 0 spiro atoms. The van der Waals surface area contributed by atoms with Crippen LogP contribution in [0.1, 0.15) is 55.8 Å². The van der Waals surface area contributed by atoms with Crippen LogP contribution >= 0.6 is 12.4 Å². The number of hydrogen-bond donors (Lipinski definition) is 1. The highest BCUT2D eigenvalue weighted by molar-refractivity contribution is 6.16. The minimum absolute atomic E-state index is 0. The van der Waals surface area contributed by atoms with Crippen LogP contribution < -0.4 is 10.1 Å². The van der Waals surface area contributed by atoms with Crippen molar-refractivity contribution >= 4 is 29.2 Å². The molecule has 1 heterocycles. The highest BCUT2D eigenvalue weighted by atomic mass is 35.5. The van der Waals surface area contributed by atoms with Gasteiger partial charge in [-0.25, -0.2) is 0 Å². The quantitative estimate of drug-likeness (QED) is 0.373. The first kappa shape index (κ1) is 23.0. The lowest BCUT2D eigenvalue weighted by Gasteiger charge is -2.20. The number of rotatable bonds is 8. The fourth-order valence-corrected chi connectivity index (χ4v) is 3.19. The minimum Gasteiger partial charge on any atom is -0.492 e. The molecule has 0 radical (unpaired) electrons. The third-order valence-corrected chi connectivity index (χ3v) is 4.52. The minimum atomic E-state index is -0.00523. The van der Waals surface area contributed by atoms with E-state index in [2.05, 4.69) is 33.0 Å². The Hall–Kier alpha value is -2.30. The number of fused-ring (bicyclic) bond motifs is 1. The molecule has 1 N–H and O–H groups in total. The van der Waals surface area contributed by atoms with Crippen molar-refractivity contribution in [2.24, 2.45) is 0 Å². The van der Waals surface area contributed by atoms with E-state index in [1.807, 2.05) is 48.5 Å². The SMILES string of the molecule is CCCc1oc2ccccc2c1C(=O)c1ccc(OCCNC(C)(C)C)cc1.Cl. The van der Waals surface area contributed by atoms with Gasteiger partial charge in [0.25, 0.3) is 0 Å². The van der Waals surface area contributed by atoms with E-state index in [1.54, 1.807) is 0 Å². The third kappa shape index (κ3) is 5.84. The first-order chi connectivity index (χ1) is 13.4. The number of nitrogens with one attached hydrogen (secondary N) is 1. The number of para-hydroxylation sites is 1. The standard InChI is InChI=1S/C24H29NO3.ClH/c1-5-8-21-22(19-9-6-7-10-20(19)28-21)23(26)17-11-13-18(14-12-17)27-16-15-25-24(2,3)4;/h6-7,9-14,25H,5,8,15-16H2,1-4H3;1H. The van der Waals surface area contributed by atoms with Crippen LogP contribution in [0, 0.1) is 0 Å². The molecule has 0 saturated heterocycles. The second-order valence-corrected chi connectivity index (χ2v) is 8.03. The predicted octanol–water partition coefficient (Wildman–Crippen LogP) is 5.81. The molecule has 0 unspecified atom stereocenters. The van der Waals surface area contributed by atoms with Crippen molar-refractivity contribution in [2.75, 3.05) is 13.2 Å². The van der Waals surface area contributed by atoms with Crippen molar-refractivity contribution in [3.05, 3.63) is 65.4 Å². The molecule has 0 amide bonds. The summed E-state index contributed by atoms with van der Waals surface area (Å²) in [6.07, 6.45) is 1.67. The van der Waals surface area contributed by atoms with E-state index in [-0.39, 0.29) is 23.7 Å². The van der Waals surface area contributed by atoms with Crippen LogP contribution in [0.5, 0.6) is 5.75 Å². The number of halogens is 1. The lowest BCUT2D eigenvalue weighted by Crippen LogP contribution is -2.38. The number of aryl methyl sites for hydroxylation is 1. The average molecular weight is 416 g/mol. The van der Waals surface area contributed by atoms with E-state index in [0.29, 0.717) is 17.7 Å². The van der Waals surface area contributed by atoms with Crippen molar-refractivity contribution in [3.63, 3.8) is 0 Å². The summed E-state index contributed by atoms with van der Waals surface area (Å²) in [5.74, 6) is 1.52. The number of carbonyl (C=O) groups is 1. The monoisotopic (exact) mass is 415 g/mol.